The van der Waals surface area contributed by atoms with Gasteiger partial charge in [-0.05, 0) is 57.5 Å². The van der Waals surface area contributed by atoms with Crippen molar-refractivity contribution in [2.75, 3.05) is 6.73 Å². The Labute approximate surface area is 165 Å². The van der Waals surface area contributed by atoms with E-state index in [0.717, 1.165) is 5.56 Å². The minimum absolute atomic E-state index is 0.0428. The summed E-state index contributed by atoms with van der Waals surface area (Å²) in [5, 5.41) is 11.0. The molecule has 0 aromatic heterocycles. The van der Waals surface area contributed by atoms with Crippen LogP contribution in [0.25, 0.3) is 0 Å². The van der Waals surface area contributed by atoms with Crippen molar-refractivity contribution in [1.29, 1.82) is 0 Å². The molecule has 1 N–H and O–H groups in total. The second-order valence-electron chi connectivity index (χ2n) is 7.89. The molecule has 1 aliphatic heterocycles. The van der Waals surface area contributed by atoms with Crippen LogP contribution in [0.15, 0.2) is 54.6 Å². The molecule has 0 bridgehead atoms. The Kier molecular flexibility index (Phi) is 5.63. The third-order valence-electron chi connectivity index (χ3n) is 4.60. The average molecular weight is 385 g/mol. The van der Waals surface area contributed by atoms with E-state index in [9.17, 15) is 9.90 Å². The predicted octanol–water partition coefficient (Wildman–Crippen LogP) is 4.02. The van der Waals surface area contributed by atoms with Gasteiger partial charge >= 0.3 is 6.09 Å². The summed E-state index contributed by atoms with van der Waals surface area (Å²) in [4.78, 5) is 13.7. The molecular weight excluding hydrogens is 358 g/mol. The lowest BCUT2D eigenvalue weighted by Gasteiger charge is -2.30. The van der Waals surface area contributed by atoms with Gasteiger partial charge in [0.25, 0.3) is 0 Å². The van der Waals surface area contributed by atoms with Gasteiger partial charge in [0.1, 0.15) is 24.7 Å². The predicted molar refractivity (Wildman–Crippen MR) is 105 cm³/mol. The van der Waals surface area contributed by atoms with Gasteiger partial charge in [0.05, 0.1) is 6.04 Å². The Morgan fingerprint density at radius 2 is 1.82 bits per heavy atom. The fraction of sp³-hybridized carbons (Fsp3) is 0.409. The van der Waals surface area contributed by atoms with Gasteiger partial charge in [-0.1, -0.05) is 30.3 Å². The molecule has 6 nitrogen and oxygen atoms in total. The Hall–Kier alpha value is -2.57. The van der Waals surface area contributed by atoms with Crippen molar-refractivity contribution in [1.82, 2.24) is 4.90 Å². The number of hydrogen-bond donors (Lipinski definition) is 1. The summed E-state index contributed by atoms with van der Waals surface area (Å²) in [5.41, 5.74) is 1.01. The molecule has 6 heteroatoms. The number of carbonyl (C=O) groups excluding carboxylic acids is 1. The van der Waals surface area contributed by atoms with Crippen LogP contribution < -0.4 is 4.74 Å². The summed E-state index contributed by atoms with van der Waals surface area (Å²) in [6.45, 7) is 7.55. The Balaban J connectivity index is 1.66. The minimum Gasteiger partial charge on any atom is -0.489 e. The molecule has 0 radical (unpaired) electrons. The second-order valence-corrected chi connectivity index (χ2v) is 7.89. The van der Waals surface area contributed by atoms with Gasteiger partial charge in [0.2, 0.25) is 5.79 Å². The van der Waals surface area contributed by atoms with Crippen LogP contribution in [0.3, 0.4) is 0 Å². The van der Waals surface area contributed by atoms with Crippen LogP contribution in [-0.4, -0.2) is 34.5 Å². The molecule has 2 aromatic carbocycles. The highest BCUT2D eigenvalue weighted by atomic mass is 16.7. The molecule has 0 aliphatic carbocycles. The minimum atomic E-state index is -1.60. The van der Waals surface area contributed by atoms with E-state index < -0.39 is 23.5 Å². The lowest BCUT2D eigenvalue weighted by Crippen LogP contribution is -2.45. The van der Waals surface area contributed by atoms with Crippen LogP contribution in [0.2, 0.25) is 0 Å². The number of nitrogens with zero attached hydrogens (tertiary/aromatic N) is 1. The number of hydrogen-bond acceptors (Lipinski definition) is 5. The number of aliphatic hydroxyl groups is 1. The Bertz CT molecular complexity index is 800. The van der Waals surface area contributed by atoms with Crippen molar-refractivity contribution >= 4 is 6.09 Å². The van der Waals surface area contributed by atoms with Gasteiger partial charge in [-0.15, -0.1) is 0 Å². The van der Waals surface area contributed by atoms with Crippen molar-refractivity contribution in [3.8, 4) is 5.75 Å². The number of amides is 1. The van der Waals surface area contributed by atoms with Gasteiger partial charge in [-0.2, -0.15) is 0 Å². The highest BCUT2D eigenvalue weighted by Gasteiger charge is 2.49. The summed E-state index contributed by atoms with van der Waals surface area (Å²) in [7, 11) is 0. The maximum Gasteiger partial charge on any atom is 0.412 e. The highest BCUT2D eigenvalue weighted by Crippen LogP contribution is 2.36. The maximum absolute atomic E-state index is 12.4. The van der Waals surface area contributed by atoms with Crippen LogP contribution in [0.1, 0.15) is 38.8 Å². The molecule has 0 saturated carbocycles. The molecule has 1 saturated heterocycles. The standard InChI is InChI=1S/C22H27NO5/c1-16-22(25,27-15-23(16)20(24)28-21(2,3)4)18-10-12-19(13-11-18)26-14-17-8-6-5-7-9-17/h5-13,16,25H,14-15H2,1-4H3. The van der Waals surface area contributed by atoms with Crippen molar-refractivity contribution in [3.05, 3.63) is 65.7 Å². The molecule has 0 spiro atoms. The van der Waals surface area contributed by atoms with Crippen molar-refractivity contribution in [3.63, 3.8) is 0 Å². The molecular formula is C22H27NO5. The number of carbonyl (C=O) groups is 1. The smallest absolute Gasteiger partial charge is 0.412 e. The molecule has 1 amide bonds. The topological polar surface area (TPSA) is 68.2 Å². The van der Waals surface area contributed by atoms with Crippen LogP contribution in [-0.2, 0) is 21.9 Å². The summed E-state index contributed by atoms with van der Waals surface area (Å²) in [6, 6.07) is 16.3. The number of ether oxygens (including phenoxy) is 3. The average Bonchev–Trinajstić information content (AvgIpc) is 2.96. The second kappa shape index (κ2) is 7.81. The van der Waals surface area contributed by atoms with Gasteiger partial charge in [-0.25, -0.2) is 4.79 Å². The maximum atomic E-state index is 12.4. The molecule has 3 rings (SSSR count). The largest absolute Gasteiger partial charge is 0.489 e. The summed E-state index contributed by atoms with van der Waals surface area (Å²) < 4.78 is 16.8. The van der Waals surface area contributed by atoms with Crippen molar-refractivity contribution < 1.29 is 24.1 Å². The summed E-state index contributed by atoms with van der Waals surface area (Å²) >= 11 is 0. The first-order valence-electron chi connectivity index (χ1n) is 9.32. The first-order chi connectivity index (χ1) is 13.2. The van der Waals surface area contributed by atoms with Crippen LogP contribution >= 0.6 is 0 Å². The van der Waals surface area contributed by atoms with Crippen molar-refractivity contribution in [2.24, 2.45) is 0 Å². The third kappa shape index (κ3) is 4.46. The molecule has 2 aromatic rings. The van der Waals surface area contributed by atoms with Crippen LogP contribution in [0.5, 0.6) is 5.75 Å². The monoisotopic (exact) mass is 385 g/mol. The van der Waals surface area contributed by atoms with Crippen LogP contribution in [0, 0.1) is 0 Å². The molecule has 2 atom stereocenters. The van der Waals surface area contributed by atoms with E-state index >= 15 is 0 Å². The van der Waals surface area contributed by atoms with E-state index in [2.05, 4.69) is 0 Å². The van der Waals surface area contributed by atoms with E-state index in [-0.39, 0.29) is 6.73 Å². The van der Waals surface area contributed by atoms with Crippen LogP contribution in [0.4, 0.5) is 4.79 Å². The highest BCUT2D eigenvalue weighted by molar-refractivity contribution is 5.69. The Morgan fingerprint density at radius 1 is 1.18 bits per heavy atom. The zero-order chi connectivity index (χ0) is 20.4. The summed E-state index contributed by atoms with van der Waals surface area (Å²) in [6.07, 6.45) is -0.515. The lowest BCUT2D eigenvalue weighted by molar-refractivity contribution is -0.185. The molecule has 1 heterocycles. The van der Waals surface area contributed by atoms with E-state index in [1.807, 2.05) is 30.3 Å². The molecule has 1 aliphatic rings. The molecule has 150 valence electrons. The molecule has 1 fully saturated rings. The van der Waals surface area contributed by atoms with E-state index in [0.29, 0.717) is 17.9 Å². The van der Waals surface area contributed by atoms with Gasteiger partial charge in [0, 0.05) is 5.56 Å². The quantitative estimate of drug-likeness (QED) is 0.861. The fourth-order valence-corrected chi connectivity index (χ4v) is 3.00. The van der Waals surface area contributed by atoms with E-state index in [4.69, 9.17) is 14.2 Å². The van der Waals surface area contributed by atoms with E-state index in [1.165, 1.54) is 4.90 Å². The Morgan fingerprint density at radius 3 is 2.43 bits per heavy atom. The molecule has 2 unspecified atom stereocenters. The third-order valence-corrected chi connectivity index (χ3v) is 4.60. The zero-order valence-electron chi connectivity index (χ0n) is 16.7. The lowest BCUT2D eigenvalue weighted by atomic mass is 9.99. The first kappa shape index (κ1) is 20.2. The SMILES string of the molecule is CC1N(C(=O)OC(C)(C)C)COC1(O)c1ccc(OCc2ccccc2)cc1. The van der Waals surface area contributed by atoms with E-state index in [1.54, 1.807) is 52.0 Å². The number of rotatable bonds is 4. The van der Waals surface area contributed by atoms with Gasteiger partial charge < -0.3 is 19.3 Å². The van der Waals surface area contributed by atoms with Gasteiger partial charge in [-0.3, -0.25) is 4.90 Å². The molecule has 28 heavy (non-hydrogen) atoms. The first-order valence-corrected chi connectivity index (χ1v) is 9.32. The fourth-order valence-electron chi connectivity index (χ4n) is 3.00. The summed E-state index contributed by atoms with van der Waals surface area (Å²) in [5.74, 6) is -0.916. The van der Waals surface area contributed by atoms with Gasteiger partial charge in [0.15, 0.2) is 0 Å². The normalized spacial score (nSPS) is 22.2. The van der Waals surface area contributed by atoms with Crippen molar-refractivity contribution in [2.45, 2.75) is 51.7 Å². The number of benzene rings is 2. The zero-order valence-corrected chi connectivity index (χ0v) is 16.7.